The number of alkyl halides is 2. The molecule has 98 valence electrons. The van der Waals surface area contributed by atoms with E-state index >= 15 is 0 Å². The van der Waals surface area contributed by atoms with Gasteiger partial charge in [-0.2, -0.15) is 0 Å². The van der Waals surface area contributed by atoms with Crippen molar-refractivity contribution < 1.29 is 22.4 Å². The maximum atomic E-state index is 13.4. The third-order valence-corrected chi connectivity index (χ3v) is 3.30. The van der Waals surface area contributed by atoms with Gasteiger partial charge in [0.1, 0.15) is 11.6 Å². The number of rotatable bonds is 2. The van der Waals surface area contributed by atoms with Gasteiger partial charge in [-0.1, -0.05) is 6.07 Å². The van der Waals surface area contributed by atoms with Crippen LogP contribution in [0.1, 0.15) is 36.0 Å². The molecule has 1 aliphatic rings. The van der Waals surface area contributed by atoms with Gasteiger partial charge in [0.25, 0.3) is 0 Å². The van der Waals surface area contributed by atoms with Crippen molar-refractivity contribution in [2.24, 2.45) is 5.92 Å². The van der Waals surface area contributed by atoms with E-state index in [2.05, 4.69) is 0 Å². The Balaban J connectivity index is 2.18. The molecular weight excluding hydrogens is 248 g/mol. The van der Waals surface area contributed by atoms with Crippen molar-refractivity contribution in [3.8, 4) is 0 Å². The van der Waals surface area contributed by atoms with Crippen LogP contribution in [0.3, 0.4) is 0 Å². The summed E-state index contributed by atoms with van der Waals surface area (Å²) < 4.78 is 52.7. The predicted molar refractivity (Wildman–Crippen MR) is 57.6 cm³/mol. The van der Waals surface area contributed by atoms with Gasteiger partial charge in [-0.25, -0.2) is 17.6 Å². The molecule has 1 aromatic carbocycles. The minimum absolute atomic E-state index is 0.0282. The average molecular weight is 260 g/mol. The van der Waals surface area contributed by atoms with Crippen LogP contribution in [-0.2, 0) is 0 Å². The lowest BCUT2D eigenvalue weighted by Crippen LogP contribution is -2.29. The number of halogens is 4. The number of hydrogen-bond acceptors (Lipinski definition) is 1. The molecule has 5 heteroatoms. The van der Waals surface area contributed by atoms with Crippen molar-refractivity contribution in [1.82, 2.24) is 0 Å². The molecule has 0 saturated heterocycles. The van der Waals surface area contributed by atoms with Crippen molar-refractivity contribution >= 4 is 5.78 Å². The smallest absolute Gasteiger partial charge is 0.248 e. The SMILES string of the molecule is O=C(c1c(F)cccc1F)C1CCC(F)(F)CC1. The summed E-state index contributed by atoms with van der Waals surface area (Å²) in [6.07, 6.45) is -0.863. The van der Waals surface area contributed by atoms with Gasteiger partial charge in [-0.3, -0.25) is 4.79 Å². The molecule has 1 saturated carbocycles. The molecule has 0 aromatic heterocycles. The summed E-state index contributed by atoms with van der Waals surface area (Å²) in [6, 6.07) is 3.15. The minimum atomic E-state index is -2.76. The number of benzene rings is 1. The Morgan fingerprint density at radius 1 is 1.11 bits per heavy atom. The summed E-state index contributed by atoms with van der Waals surface area (Å²) in [5.41, 5.74) is -0.604. The summed E-state index contributed by atoms with van der Waals surface area (Å²) in [6.45, 7) is 0. The number of ketones is 1. The largest absolute Gasteiger partial charge is 0.294 e. The first-order valence-electron chi connectivity index (χ1n) is 5.77. The Morgan fingerprint density at radius 3 is 2.11 bits per heavy atom. The molecule has 0 aliphatic heterocycles. The highest BCUT2D eigenvalue weighted by Crippen LogP contribution is 2.37. The standard InChI is InChI=1S/C13H12F4O/c14-9-2-1-3-10(15)11(9)12(18)8-4-6-13(16,17)7-5-8/h1-3,8H,4-7H2. The molecule has 18 heavy (non-hydrogen) atoms. The third-order valence-electron chi connectivity index (χ3n) is 3.30. The van der Waals surface area contributed by atoms with Gasteiger partial charge in [0.05, 0.1) is 5.56 Å². The fourth-order valence-corrected chi connectivity index (χ4v) is 2.24. The van der Waals surface area contributed by atoms with Crippen molar-refractivity contribution in [2.45, 2.75) is 31.6 Å². The van der Waals surface area contributed by atoms with Crippen molar-refractivity contribution in [2.75, 3.05) is 0 Å². The summed E-state index contributed by atoms with van der Waals surface area (Å²) in [4.78, 5) is 11.9. The van der Waals surface area contributed by atoms with Gasteiger partial charge in [0.15, 0.2) is 5.78 Å². The normalized spacial score (nSPS) is 19.8. The molecular formula is C13H12F4O. The Kier molecular flexibility index (Phi) is 3.41. The van der Waals surface area contributed by atoms with Crippen LogP contribution < -0.4 is 0 Å². The highest BCUT2D eigenvalue weighted by molar-refractivity contribution is 5.98. The van der Waals surface area contributed by atoms with E-state index in [0.29, 0.717) is 0 Å². The second-order valence-corrected chi connectivity index (χ2v) is 4.59. The molecule has 0 amide bonds. The Bertz CT molecular complexity index is 440. The van der Waals surface area contributed by atoms with E-state index in [-0.39, 0.29) is 12.8 Å². The number of carbonyl (C=O) groups excluding carboxylic acids is 1. The number of hydrogen-bond donors (Lipinski definition) is 0. The predicted octanol–water partition coefficient (Wildman–Crippen LogP) is 3.97. The number of carbonyl (C=O) groups is 1. The van der Waals surface area contributed by atoms with Gasteiger partial charge in [-0.15, -0.1) is 0 Å². The molecule has 2 rings (SSSR count). The first-order valence-corrected chi connectivity index (χ1v) is 5.77. The van der Waals surface area contributed by atoms with Crippen LogP contribution in [-0.4, -0.2) is 11.7 Å². The van der Waals surface area contributed by atoms with E-state index in [1.807, 2.05) is 0 Å². The van der Waals surface area contributed by atoms with E-state index < -0.39 is 47.7 Å². The molecule has 1 aromatic rings. The average Bonchev–Trinajstić information content (AvgIpc) is 2.28. The van der Waals surface area contributed by atoms with Gasteiger partial charge in [-0.05, 0) is 25.0 Å². The Hall–Kier alpha value is -1.39. The topological polar surface area (TPSA) is 17.1 Å². The molecule has 0 bridgehead atoms. The van der Waals surface area contributed by atoms with Crippen LogP contribution in [0.25, 0.3) is 0 Å². The van der Waals surface area contributed by atoms with E-state index in [0.717, 1.165) is 18.2 Å². The monoisotopic (exact) mass is 260 g/mol. The molecule has 0 atom stereocenters. The first kappa shape index (κ1) is 13.1. The molecule has 1 aliphatic carbocycles. The van der Waals surface area contributed by atoms with Crippen LogP contribution >= 0.6 is 0 Å². The highest BCUT2D eigenvalue weighted by Gasteiger charge is 2.38. The highest BCUT2D eigenvalue weighted by atomic mass is 19.3. The third kappa shape index (κ3) is 2.54. The van der Waals surface area contributed by atoms with Crippen LogP contribution in [0, 0.1) is 17.6 Å². The van der Waals surface area contributed by atoms with Crippen LogP contribution in [0.2, 0.25) is 0 Å². The van der Waals surface area contributed by atoms with Gasteiger partial charge in [0, 0.05) is 18.8 Å². The summed E-state index contributed by atoms with van der Waals surface area (Å²) in [5.74, 6) is -6.04. The quantitative estimate of drug-likeness (QED) is 0.580. The van der Waals surface area contributed by atoms with E-state index in [1.54, 1.807) is 0 Å². The Labute approximate surface area is 102 Å². The van der Waals surface area contributed by atoms with Crippen LogP contribution in [0.15, 0.2) is 18.2 Å². The summed E-state index contributed by atoms with van der Waals surface area (Å²) in [5, 5.41) is 0. The first-order chi connectivity index (χ1) is 8.41. The fourth-order valence-electron chi connectivity index (χ4n) is 2.24. The van der Waals surface area contributed by atoms with E-state index in [9.17, 15) is 22.4 Å². The molecule has 1 fully saturated rings. The van der Waals surface area contributed by atoms with Crippen molar-refractivity contribution in [3.63, 3.8) is 0 Å². The van der Waals surface area contributed by atoms with Gasteiger partial charge in [0.2, 0.25) is 5.92 Å². The zero-order valence-electron chi connectivity index (χ0n) is 9.56. The minimum Gasteiger partial charge on any atom is -0.294 e. The molecule has 1 nitrogen and oxygen atoms in total. The fraction of sp³-hybridized carbons (Fsp3) is 0.462. The maximum absolute atomic E-state index is 13.4. The second-order valence-electron chi connectivity index (χ2n) is 4.59. The zero-order valence-corrected chi connectivity index (χ0v) is 9.56. The molecule has 0 radical (unpaired) electrons. The lowest BCUT2D eigenvalue weighted by Gasteiger charge is -2.27. The molecule has 0 spiro atoms. The van der Waals surface area contributed by atoms with Crippen LogP contribution in [0.5, 0.6) is 0 Å². The van der Waals surface area contributed by atoms with Gasteiger partial charge >= 0.3 is 0 Å². The molecule has 0 heterocycles. The lowest BCUT2D eigenvalue weighted by atomic mass is 9.82. The summed E-state index contributed by atoms with van der Waals surface area (Å²) >= 11 is 0. The van der Waals surface area contributed by atoms with E-state index in [4.69, 9.17) is 0 Å². The van der Waals surface area contributed by atoms with Crippen LogP contribution in [0.4, 0.5) is 17.6 Å². The number of Topliss-reactive ketones (excluding diaryl/α,β-unsaturated/α-hetero) is 1. The zero-order chi connectivity index (χ0) is 13.3. The molecule has 0 unspecified atom stereocenters. The van der Waals surface area contributed by atoms with Gasteiger partial charge < -0.3 is 0 Å². The summed E-state index contributed by atoms with van der Waals surface area (Å²) in [7, 11) is 0. The van der Waals surface area contributed by atoms with E-state index in [1.165, 1.54) is 0 Å². The van der Waals surface area contributed by atoms with Crippen molar-refractivity contribution in [1.29, 1.82) is 0 Å². The Morgan fingerprint density at radius 2 is 1.61 bits per heavy atom. The lowest BCUT2D eigenvalue weighted by molar-refractivity contribution is -0.0424. The van der Waals surface area contributed by atoms with Crippen molar-refractivity contribution in [3.05, 3.63) is 35.4 Å². The molecule has 0 N–H and O–H groups in total. The maximum Gasteiger partial charge on any atom is 0.248 e. The second kappa shape index (κ2) is 4.71.